The number of benzene rings is 2. The average Bonchev–Trinajstić information content (AvgIpc) is 2.93. The standard InChI is InChI=1S/C19H21N3OS2/c1-12(2)11-22(18(23)20-14-6-4-13(3)5-7-14)15-8-9-16-17(10-15)25-19(24)21-16/h4-10,12H,11H2,1-3H3,(H,20,23)(H,21,24). The van der Waals surface area contributed by atoms with Crippen LogP contribution in [0.2, 0.25) is 0 Å². The number of nitrogens with one attached hydrogen (secondary N) is 2. The van der Waals surface area contributed by atoms with Crippen LogP contribution < -0.4 is 10.2 Å². The van der Waals surface area contributed by atoms with Gasteiger partial charge in [-0.05, 0) is 55.4 Å². The smallest absolute Gasteiger partial charge is 0.326 e. The fraction of sp³-hybridized carbons (Fsp3) is 0.263. The Morgan fingerprint density at radius 1 is 1.24 bits per heavy atom. The molecule has 2 N–H and O–H groups in total. The van der Waals surface area contributed by atoms with E-state index in [1.54, 1.807) is 4.90 Å². The van der Waals surface area contributed by atoms with E-state index in [0.29, 0.717) is 12.5 Å². The third-order valence-corrected chi connectivity index (χ3v) is 5.01. The molecule has 1 aromatic heterocycles. The van der Waals surface area contributed by atoms with Crippen LogP contribution in [0.1, 0.15) is 19.4 Å². The molecule has 3 aromatic rings. The summed E-state index contributed by atoms with van der Waals surface area (Å²) < 4.78 is 1.80. The van der Waals surface area contributed by atoms with Gasteiger partial charge in [-0.2, -0.15) is 0 Å². The number of nitrogens with zero attached hydrogens (tertiary/aromatic N) is 1. The summed E-state index contributed by atoms with van der Waals surface area (Å²) in [6.45, 7) is 6.87. The monoisotopic (exact) mass is 371 g/mol. The summed E-state index contributed by atoms with van der Waals surface area (Å²) in [4.78, 5) is 17.8. The second-order valence-electron chi connectivity index (χ2n) is 6.50. The highest BCUT2D eigenvalue weighted by atomic mass is 32.1. The summed E-state index contributed by atoms with van der Waals surface area (Å²) in [5, 5.41) is 2.99. The Labute approximate surface area is 156 Å². The highest BCUT2D eigenvalue weighted by Gasteiger charge is 2.18. The van der Waals surface area contributed by atoms with E-state index in [4.69, 9.17) is 12.2 Å². The zero-order valence-corrected chi connectivity index (χ0v) is 16.1. The molecule has 0 saturated heterocycles. The molecule has 0 aliphatic heterocycles. The Morgan fingerprint density at radius 3 is 2.64 bits per heavy atom. The largest absolute Gasteiger partial charge is 0.337 e. The number of hydrogen-bond donors (Lipinski definition) is 2. The number of amides is 2. The molecule has 0 bridgehead atoms. The summed E-state index contributed by atoms with van der Waals surface area (Å²) in [6, 6.07) is 13.6. The van der Waals surface area contributed by atoms with Gasteiger partial charge in [0.1, 0.15) is 0 Å². The zero-order valence-electron chi connectivity index (χ0n) is 14.5. The van der Waals surface area contributed by atoms with Crippen LogP contribution in [0.4, 0.5) is 16.2 Å². The minimum Gasteiger partial charge on any atom is -0.337 e. The SMILES string of the molecule is Cc1ccc(NC(=O)N(CC(C)C)c2ccc3[nH]c(=S)sc3c2)cc1. The molecule has 0 unspecified atom stereocenters. The summed E-state index contributed by atoms with van der Waals surface area (Å²) in [7, 11) is 0. The molecule has 1 heterocycles. The third kappa shape index (κ3) is 4.27. The van der Waals surface area contributed by atoms with Crippen molar-refractivity contribution in [3.05, 3.63) is 52.0 Å². The number of fused-ring (bicyclic) bond motifs is 1. The number of aryl methyl sites for hydroxylation is 1. The Hall–Kier alpha value is -2.18. The third-order valence-electron chi connectivity index (χ3n) is 3.81. The predicted octanol–water partition coefficient (Wildman–Crippen LogP) is 5.96. The molecule has 0 radical (unpaired) electrons. The summed E-state index contributed by atoms with van der Waals surface area (Å²) in [5.74, 6) is 0.351. The van der Waals surface area contributed by atoms with Crippen LogP contribution in [-0.4, -0.2) is 17.6 Å². The molecule has 2 amide bonds. The maximum Gasteiger partial charge on any atom is 0.326 e. The molecule has 0 atom stereocenters. The van der Waals surface area contributed by atoms with Crippen molar-refractivity contribution < 1.29 is 4.79 Å². The topological polar surface area (TPSA) is 48.1 Å². The number of carbonyl (C=O) groups is 1. The van der Waals surface area contributed by atoms with E-state index >= 15 is 0 Å². The average molecular weight is 372 g/mol. The number of carbonyl (C=O) groups excluding carboxylic acids is 1. The summed E-state index contributed by atoms with van der Waals surface area (Å²) in [5.41, 5.74) is 3.83. The van der Waals surface area contributed by atoms with E-state index in [1.807, 2.05) is 49.4 Å². The summed E-state index contributed by atoms with van der Waals surface area (Å²) >= 11 is 6.73. The molecule has 2 aromatic carbocycles. The number of urea groups is 1. The second kappa shape index (κ2) is 7.37. The van der Waals surface area contributed by atoms with Crippen molar-refractivity contribution in [2.75, 3.05) is 16.8 Å². The van der Waals surface area contributed by atoms with Gasteiger partial charge in [-0.3, -0.25) is 4.90 Å². The molecular weight excluding hydrogens is 350 g/mol. The van der Waals surface area contributed by atoms with E-state index in [1.165, 1.54) is 11.3 Å². The molecular formula is C19H21N3OS2. The van der Waals surface area contributed by atoms with E-state index < -0.39 is 0 Å². The van der Waals surface area contributed by atoms with Crippen molar-refractivity contribution in [2.24, 2.45) is 5.92 Å². The Morgan fingerprint density at radius 2 is 1.96 bits per heavy atom. The number of hydrogen-bond acceptors (Lipinski definition) is 3. The Bertz CT molecular complexity index is 941. The van der Waals surface area contributed by atoms with Crippen LogP contribution in [0.25, 0.3) is 10.2 Å². The molecule has 0 aliphatic rings. The number of H-pyrrole nitrogens is 1. The number of anilines is 2. The lowest BCUT2D eigenvalue weighted by atomic mass is 10.2. The van der Waals surface area contributed by atoms with Gasteiger partial charge in [0, 0.05) is 17.9 Å². The second-order valence-corrected chi connectivity index (χ2v) is 8.21. The van der Waals surface area contributed by atoms with Crippen molar-refractivity contribution in [3.8, 4) is 0 Å². The fourth-order valence-corrected chi connectivity index (χ4v) is 3.75. The molecule has 6 heteroatoms. The number of aromatic nitrogens is 1. The van der Waals surface area contributed by atoms with Crippen molar-refractivity contribution in [1.82, 2.24) is 4.98 Å². The maximum atomic E-state index is 12.9. The first-order valence-electron chi connectivity index (χ1n) is 8.20. The van der Waals surface area contributed by atoms with Crippen LogP contribution in [0, 0.1) is 16.8 Å². The van der Waals surface area contributed by atoms with Gasteiger partial charge in [0.25, 0.3) is 0 Å². The van der Waals surface area contributed by atoms with Crippen molar-refractivity contribution in [1.29, 1.82) is 0 Å². The van der Waals surface area contributed by atoms with Gasteiger partial charge < -0.3 is 10.3 Å². The first-order chi connectivity index (χ1) is 11.9. The van der Waals surface area contributed by atoms with E-state index in [9.17, 15) is 4.79 Å². The minimum absolute atomic E-state index is 0.129. The fourth-order valence-electron chi connectivity index (χ4n) is 2.60. The van der Waals surface area contributed by atoms with Crippen molar-refractivity contribution >= 4 is 51.2 Å². The first-order valence-corrected chi connectivity index (χ1v) is 9.43. The molecule has 0 spiro atoms. The van der Waals surface area contributed by atoms with Gasteiger partial charge in [-0.15, -0.1) is 11.3 Å². The first kappa shape index (κ1) is 17.6. The van der Waals surface area contributed by atoms with E-state index in [-0.39, 0.29) is 6.03 Å². The molecule has 0 saturated carbocycles. The number of rotatable bonds is 4. The van der Waals surface area contributed by atoms with Gasteiger partial charge in [0.2, 0.25) is 0 Å². The molecule has 0 aliphatic carbocycles. The van der Waals surface area contributed by atoms with Crippen molar-refractivity contribution in [3.63, 3.8) is 0 Å². The lowest BCUT2D eigenvalue weighted by molar-refractivity contribution is 0.256. The predicted molar refractivity (Wildman–Crippen MR) is 109 cm³/mol. The van der Waals surface area contributed by atoms with Gasteiger partial charge in [0.15, 0.2) is 3.95 Å². The van der Waals surface area contributed by atoms with Gasteiger partial charge >= 0.3 is 6.03 Å². The molecule has 3 rings (SSSR count). The molecule has 0 fully saturated rings. The van der Waals surface area contributed by atoms with E-state index in [2.05, 4.69) is 24.1 Å². The Kier molecular flexibility index (Phi) is 5.20. The van der Waals surface area contributed by atoms with Crippen LogP contribution in [-0.2, 0) is 0 Å². The van der Waals surface area contributed by atoms with Crippen molar-refractivity contribution in [2.45, 2.75) is 20.8 Å². The lowest BCUT2D eigenvalue weighted by Gasteiger charge is -2.25. The quantitative estimate of drug-likeness (QED) is 0.556. The van der Waals surface area contributed by atoms with Crippen LogP contribution in [0.3, 0.4) is 0 Å². The van der Waals surface area contributed by atoms with Gasteiger partial charge in [0.05, 0.1) is 10.2 Å². The normalized spacial score (nSPS) is 11.0. The van der Waals surface area contributed by atoms with Crippen LogP contribution >= 0.6 is 23.6 Å². The zero-order chi connectivity index (χ0) is 18.0. The molecule has 4 nitrogen and oxygen atoms in total. The van der Waals surface area contributed by atoms with Gasteiger partial charge in [-0.1, -0.05) is 31.5 Å². The highest BCUT2D eigenvalue weighted by Crippen LogP contribution is 2.26. The molecule has 130 valence electrons. The summed E-state index contributed by atoms with van der Waals surface area (Å²) in [6.07, 6.45) is 0. The number of thiazole rings is 1. The number of aromatic amines is 1. The highest BCUT2D eigenvalue weighted by molar-refractivity contribution is 7.73. The van der Waals surface area contributed by atoms with Crippen LogP contribution in [0.15, 0.2) is 42.5 Å². The van der Waals surface area contributed by atoms with Crippen LogP contribution in [0.5, 0.6) is 0 Å². The van der Waals surface area contributed by atoms with Gasteiger partial charge in [-0.25, -0.2) is 4.79 Å². The lowest BCUT2D eigenvalue weighted by Crippen LogP contribution is -2.37. The maximum absolute atomic E-state index is 12.9. The molecule has 25 heavy (non-hydrogen) atoms. The Balaban J connectivity index is 1.90. The minimum atomic E-state index is -0.129. The van der Waals surface area contributed by atoms with E-state index in [0.717, 1.165) is 31.1 Å².